The molecule has 94 valence electrons. The molecule has 3 nitrogen and oxygen atoms in total. The summed E-state index contributed by atoms with van der Waals surface area (Å²) >= 11 is 0. The number of fused-ring (bicyclic) bond motifs is 2. The molecule has 1 aromatic carbocycles. The first-order valence-electron chi connectivity index (χ1n) is 6.70. The lowest BCUT2D eigenvalue weighted by Gasteiger charge is -2.41. The van der Waals surface area contributed by atoms with E-state index in [9.17, 15) is 5.26 Å². The fourth-order valence-corrected chi connectivity index (χ4v) is 3.52. The summed E-state index contributed by atoms with van der Waals surface area (Å²) < 4.78 is 0. The average molecular weight is 241 g/mol. The Hall–Kier alpha value is -1.37. The summed E-state index contributed by atoms with van der Waals surface area (Å²) in [6.07, 6.45) is 4.04. The number of nitrogens with zero attached hydrogens (tertiary/aromatic N) is 2. The van der Waals surface area contributed by atoms with E-state index in [0.717, 1.165) is 19.4 Å². The van der Waals surface area contributed by atoms with Crippen LogP contribution in [0.2, 0.25) is 0 Å². The first-order valence-corrected chi connectivity index (χ1v) is 6.70. The van der Waals surface area contributed by atoms with Gasteiger partial charge in [-0.15, -0.1) is 0 Å². The van der Waals surface area contributed by atoms with Crippen LogP contribution in [-0.4, -0.2) is 22.5 Å². The second kappa shape index (κ2) is 4.38. The molecule has 2 bridgehead atoms. The van der Waals surface area contributed by atoms with E-state index in [1.807, 2.05) is 0 Å². The van der Waals surface area contributed by atoms with Gasteiger partial charge in [-0.3, -0.25) is 4.90 Å². The highest BCUT2D eigenvalue weighted by molar-refractivity contribution is 5.18. The van der Waals surface area contributed by atoms with Crippen molar-refractivity contribution in [2.45, 2.75) is 49.9 Å². The molecule has 2 unspecified atom stereocenters. The highest BCUT2D eigenvalue weighted by Crippen LogP contribution is 2.40. The second-order valence-corrected chi connectivity index (χ2v) is 5.72. The standard InChI is InChI=1S/C15H19N3/c16-11-15(17)8-13-6-7-14(9-15)18(13)10-12-4-2-1-3-5-12/h1-5,13-14H,6-10,17H2. The second-order valence-electron chi connectivity index (χ2n) is 5.72. The monoisotopic (exact) mass is 241 g/mol. The quantitative estimate of drug-likeness (QED) is 0.862. The zero-order valence-corrected chi connectivity index (χ0v) is 10.5. The van der Waals surface area contributed by atoms with E-state index in [4.69, 9.17) is 5.73 Å². The zero-order valence-electron chi connectivity index (χ0n) is 10.5. The third-order valence-corrected chi connectivity index (χ3v) is 4.40. The number of benzene rings is 1. The Labute approximate surface area is 108 Å². The SMILES string of the molecule is N#CC1(N)CC2CCC(C1)N2Cc1ccccc1. The summed E-state index contributed by atoms with van der Waals surface area (Å²) in [7, 11) is 0. The molecule has 2 aliphatic rings. The molecule has 2 saturated heterocycles. The predicted molar refractivity (Wildman–Crippen MR) is 70.6 cm³/mol. The van der Waals surface area contributed by atoms with Gasteiger partial charge in [-0.25, -0.2) is 0 Å². The minimum absolute atomic E-state index is 0.494. The van der Waals surface area contributed by atoms with Crippen LogP contribution in [0.25, 0.3) is 0 Å². The van der Waals surface area contributed by atoms with Crippen LogP contribution in [-0.2, 0) is 6.54 Å². The van der Waals surface area contributed by atoms with Gasteiger partial charge in [0.15, 0.2) is 0 Å². The van der Waals surface area contributed by atoms with Gasteiger partial charge in [0.1, 0.15) is 5.54 Å². The van der Waals surface area contributed by atoms with Crippen molar-refractivity contribution in [1.29, 1.82) is 5.26 Å². The Kier molecular flexibility index (Phi) is 2.85. The van der Waals surface area contributed by atoms with E-state index >= 15 is 0 Å². The van der Waals surface area contributed by atoms with Crippen LogP contribution in [0.5, 0.6) is 0 Å². The van der Waals surface area contributed by atoms with Gasteiger partial charge in [-0.2, -0.15) is 5.26 Å². The van der Waals surface area contributed by atoms with Crippen molar-refractivity contribution >= 4 is 0 Å². The summed E-state index contributed by atoms with van der Waals surface area (Å²) in [4.78, 5) is 2.55. The molecule has 0 saturated carbocycles. The molecule has 0 amide bonds. The maximum Gasteiger partial charge on any atom is 0.107 e. The van der Waals surface area contributed by atoms with Gasteiger partial charge in [0, 0.05) is 18.6 Å². The molecule has 3 rings (SSSR count). The Morgan fingerprint density at radius 2 is 1.83 bits per heavy atom. The van der Waals surface area contributed by atoms with Gasteiger partial charge >= 0.3 is 0 Å². The van der Waals surface area contributed by atoms with Crippen LogP contribution in [0, 0.1) is 11.3 Å². The highest BCUT2D eigenvalue weighted by atomic mass is 15.2. The molecule has 2 fully saturated rings. The zero-order chi connectivity index (χ0) is 12.6. The van der Waals surface area contributed by atoms with Crippen molar-refractivity contribution in [1.82, 2.24) is 4.90 Å². The van der Waals surface area contributed by atoms with E-state index < -0.39 is 5.54 Å². The largest absolute Gasteiger partial charge is 0.313 e. The lowest BCUT2D eigenvalue weighted by molar-refractivity contribution is 0.100. The molecular weight excluding hydrogens is 222 g/mol. The summed E-state index contributed by atoms with van der Waals surface area (Å²) in [5.74, 6) is 0. The molecule has 2 N–H and O–H groups in total. The summed E-state index contributed by atoms with van der Waals surface area (Å²) in [6.45, 7) is 0.998. The van der Waals surface area contributed by atoms with E-state index in [0.29, 0.717) is 12.1 Å². The highest BCUT2D eigenvalue weighted by Gasteiger charge is 2.46. The first-order chi connectivity index (χ1) is 8.70. The van der Waals surface area contributed by atoms with Crippen molar-refractivity contribution in [3.8, 4) is 6.07 Å². The van der Waals surface area contributed by atoms with Crippen molar-refractivity contribution in [2.24, 2.45) is 5.73 Å². The number of nitriles is 1. The van der Waals surface area contributed by atoms with Crippen molar-refractivity contribution < 1.29 is 0 Å². The normalized spacial score (nSPS) is 35.3. The molecule has 0 aliphatic carbocycles. The molecule has 1 aromatic rings. The minimum Gasteiger partial charge on any atom is -0.313 e. The van der Waals surface area contributed by atoms with Crippen LogP contribution in [0.1, 0.15) is 31.2 Å². The smallest absolute Gasteiger partial charge is 0.107 e. The molecular formula is C15H19N3. The summed E-state index contributed by atoms with van der Waals surface area (Å²) in [5, 5.41) is 9.20. The third-order valence-electron chi connectivity index (χ3n) is 4.40. The number of rotatable bonds is 2. The maximum atomic E-state index is 9.20. The fraction of sp³-hybridized carbons (Fsp3) is 0.533. The van der Waals surface area contributed by atoms with Gasteiger partial charge in [-0.1, -0.05) is 30.3 Å². The molecule has 0 spiro atoms. The Balaban J connectivity index is 1.75. The van der Waals surface area contributed by atoms with E-state index in [1.165, 1.54) is 18.4 Å². The van der Waals surface area contributed by atoms with E-state index in [-0.39, 0.29) is 0 Å². The van der Waals surface area contributed by atoms with E-state index in [1.54, 1.807) is 0 Å². The molecule has 3 heteroatoms. The Morgan fingerprint density at radius 3 is 2.39 bits per heavy atom. The van der Waals surface area contributed by atoms with Gasteiger partial charge in [0.25, 0.3) is 0 Å². The van der Waals surface area contributed by atoms with Gasteiger partial charge < -0.3 is 5.73 Å². The average Bonchev–Trinajstić information content (AvgIpc) is 2.64. The lowest BCUT2D eigenvalue weighted by atomic mass is 9.85. The van der Waals surface area contributed by atoms with Crippen LogP contribution in [0.15, 0.2) is 30.3 Å². The molecule has 2 aliphatic heterocycles. The lowest BCUT2D eigenvalue weighted by Crippen LogP contribution is -2.54. The summed E-state index contributed by atoms with van der Waals surface area (Å²) in [5.41, 5.74) is 6.92. The summed E-state index contributed by atoms with van der Waals surface area (Å²) in [6, 6.07) is 13.9. The van der Waals surface area contributed by atoms with Crippen LogP contribution >= 0.6 is 0 Å². The maximum absolute atomic E-state index is 9.20. The van der Waals surface area contributed by atoms with Gasteiger partial charge in [0.05, 0.1) is 6.07 Å². The molecule has 0 aromatic heterocycles. The van der Waals surface area contributed by atoms with E-state index in [2.05, 4.69) is 41.3 Å². The third kappa shape index (κ3) is 2.03. The topological polar surface area (TPSA) is 53.1 Å². The first kappa shape index (κ1) is 11.7. The van der Waals surface area contributed by atoms with Crippen LogP contribution < -0.4 is 5.73 Å². The Morgan fingerprint density at radius 1 is 1.22 bits per heavy atom. The van der Waals surface area contributed by atoms with Crippen molar-refractivity contribution in [3.05, 3.63) is 35.9 Å². The molecule has 2 atom stereocenters. The molecule has 18 heavy (non-hydrogen) atoms. The van der Waals surface area contributed by atoms with Gasteiger partial charge in [-0.05, 0) is 31.2 Å². The van der Waals surface area contributed by atoms with Crippen LogP contribution in [0.4, 0.5) is 0 Å². The fourth-order valence-electron chi connectivity index (χ4n) is 3.52. The number of hydrogen-bond acceptors (Lipinski definition) is 3. The van der Waals surface area contributed by atoms with Crippen molar-refractivity contribution in [3.63, 3.8) is 0 Å². The minimum atomic E-state index is -0.584. The van der Waals surface area contributed by atoms with Crippen LogP contribution in [0.3, 0.4) is 0 Å². The number of hydrogen-bond donors (Lipinski definition) is 1. The van der Waals surface area contributed by atoms with Gasteiger partial charge in [0.2, 0.25) is 0 Å². The Bertz CT molecular complexity index is 448. The number of piperidine rings is 1. The number of nitrogens with two attached hydrogens (primary N) is 1. The molecule has 0 radical (unpaired) electrons. The molecule has 2 heterocycles. The predicted octanol–water partition coefficient (Wildman–Crippen LogP) is 2.03. The van der Waals surface area contributed by atoms with Crippen molar-refractivity contribution in [2.75, 3.05) is 0 Å².